The molecule has 1 aliphatic rings. The average molecular weight is 331 g/mol. The average Bonchev–Trinajstić information content (AvgIpc) is 1.88. The largest absolute Gasteiger partial charge is 0.332 e. The Morgan fingerprint density at radius 3 is 1.23 bits per heavy atom. The highest BCUT2D eigenvalue weighted by Gasteiger charge is 2.80. The van der Waals surface area contributed by atoms with E-state index >= 15 is 0 Å². The summed E-state index contributed by atoms with van der Waals surface area (Å²) in [5.74, 6) is 0. The van der Waals surface area contributed by atoms with Gasteiger partial charge in [0.1, 0.15) is 0 Å². The molecule has 13 heavy (non-hydrogen) atoms. The van der Waals surface area contributed by atoms with Crippen LogP contribution >= 0.6 is 81.4 Å². The van der Waals surface area contributed by atoms with Gasteiger partial charge in [-0.3, -0.25) is 0 Å². The lowest BCUT2D eigenvalue weighted by Crippen LogP contribution is -2.46. The van der Waals surface area contributed by atoms with E-state index in [2.05, 4.69) is 0 Å². The van der Waals surface area contributed by atoms with E-state index in [0.717, 1.165) is 0 Å². The molecule has 0 N–H and O–H groups in total. The molecule has 0 radical (unpaired) electrons. The summed E-state index contributed by atoms with van der Waals surface area (Å²) in [5.41, 5.74) is 0. The smallest absolute Gasteiger partial charge is 0.190 e. The van der Waals surface area contributed by atoms with Gasteiger partial charge in [-0.05, 0) is 11.8 Å². The molecule has 0 bridgehead atoms. The lowest BCUT2D eigenvalue weighted by molar-refractivity contribution is 0.0908. The van der Waals surface area contributed by atoms with Crippen LogP contribution in [-0.2, 0) is 0 Å². The van der Waals surface area contributed by atoms with Crippen molar-refractivity contribution >= 4 is 81.4 Å². The Morgan fingerprint density at radius 1 is 0.769 bits per heavy atom. The molecule has 0 spiro atoms. The lowest BCUT2D eigenvalue weighted by atomic mass is 10.3. The number of hydrogen-bond acceptors (Lipinski definition) is 1. The Balaban J connectivity index is 3.24. The topological polar surface area (TPSA) is 0 Å². The highest BCUT2D eigenvalue weighted by Crippen LogP contribution is 2.74. The summed E-state index contributed by atoms with van der Waals surface area (Å²) in [6.07, 6.45) is 0. The van der Waals surface area contributed by atoms with E-state index in [0.29, 0.717) is 0 Å². The van der Waals surface area contributed by atoms with Crippen molar-refractivity contribution in [2.24, 2.45) is 0 Å². The van der Waals surface area contributed by atoms with Gasteiger partial charge in [0.15, 0.2) is 4.33 Å². The van der Waals surface area contributed by atoms with Crippen LogP contribution in [0.1, 0.15) is 0 Å². The van der Waals surface area contributed by atoms with E-state index in [4.69, 9.17) is 69.6 Å². The second-order valence-electron chi connectivity index (χ2n) is 2.28. The van der Waals surface area contributed by atoms with Crippen molar-refractivity contribution in [3.05, 3.63) is 0 Å². The number of rotatable bonds is 0. The van der Waals surface area contributed by atoms with Crippen LogP contribution in [0.5, 0.6) is 0 Å². The van der Waals surface area contributed by atoms with Crippen molar-refractivity contribution in [3.63, 3.8) is 0 Å². The van der Waals surface area contributed by atoms with Crippen LogP contribution < -0.4 is 0 Å². The summed E-state index contributed by atoms with van der Waals surface area (Å²) in [7, 11) is 0. The minimum Gasteiger partial charge on any atom is -0.190 e. The molecule has 78 valence electrons. The highest BCUT2D eigenvalue weighted by molar-refractivity contribution is 8.05. The van der Waals surface area contributed by atoms with Gasteiger partial charge < -0.3 is 0 Å². The van der Waals surface area contributed by atoms with Crippen LogP contribution in [0, 0.1) is 0 Å². The normalized spacial score (nSPS) is 33.2. The fourth-order valence-electron chi connectivity index (χ4n) is 0.655. The molecule has 1 rings (SSSR count). The third kappa shape index (κ3) is 1.63. The minimum absolute atomic E-state index is 0.191. The number of thioether (sulfide) groups is 1. The predicted octanol–water partition coefficient (Wildman–Crippen LogP) is 4.81. The first kappa shape index (κ1) is 13.0. The van der Waals surface area contributed by atoms with Crippen LogP contribution in [0.2, 0.25) is 0 Å². The summed E-state index contributed by atoms with van der Waals surface area (Å²) >= 11 is 32.2. The van der Waals surface area contributed by atoms with Gasteiger partial charge >= 0.3 is 5.25 Å². The molecule has 1 heterocycles. The van der Waals surface area contributed by atoms with Crippen molar-refractivity contribution in [2.75, 3.05) is 0 Å². The van der Waals surface area contributed by atoms with Crippen molar-refractivity contribution in [1.29, 1.82) is 0 Å². The number of halogens is 8. The molecule has 0 aliphatic carbocycles. The predicted molar refractivity (Wildman–Crippen MR) is 55.8 cm³/mol. The fourth-order valence-corrected chi connectivity index (χ4v) is 3.81. The standard InChI is InChI=1S/C4Cl6F2S/c5-1(6)2(7,8)4(11,12)13-3(1,9)10. The molecule has 1 saturated heterocycles. The molecule has 0 aromatic carbocycles. The number of hydrogen-bond donors (Lipinski definition) is 0. The molecule has 0 nitrogen and oxygen atoms in total. The Morgan fingerprint density at radius 2 is 1.15 bits per heavy atom. The molecule has 0 unspecified atom stereocenters. The zero-order valence-corrected chi connectivity index (χ0v) is 10.8. The van der Waals surface area contributed by atoms with Gasteiger partial charge in [-0.2, -0.15) is 8.78 Å². The second-order valence-corrected chi connectivity index (χ2v) is 8.04. The maximum Gasteiger partial charge on any atom is 0.332 e. The second kappa shape index (κ2) is 3.22. The third-order valence-electron chi connectivity index (χ3n) is 1.38. The van der Waals surface area contributed by atoms with Crippen molar-refractivity contribution in [2.45, 2.75) is 17.6 Å². The minimum atomic E-state index is -3.62. The van der Waals surface area contributed by atoms with Gasteiger partial charge in [-0.25, -0.2) is 0 Å². The molecule has 1 aliphatic heterocycles. The van der Waals surface area contributed by atoms with E-state index in [9.17, 15) is 8.78 Å². The summed E-state index contributed by atoms with van der Waals surface area (Å²) in [6.45, 7) is 0. The summed E-state index contributed by atoms with van der Waals surface area (Å²) in [4.78, 5) is 0. The molecule has 0 aromatic rings. The Labute approximate surface area is 107 Å². The van der Waals surface area contributed by atoms with Crippen LogP contribution in [0.25, 0.3) is 0 Å². The Kier molecular flexibility index (Phi) is 3.23. The molecule has 0 amide bonds. The van der Waals surface area contributed by atoms with Crippen LogP contribution in [0.3, 0.4) is 0 Å². The summed E-state index contributed by atoms with van der Waals surface area (Å²) in [5, 5.41) is -3.62. The SMILES string of the molecule is FC1(F)SC(Cl)(Cl)C(Cl)(Cl)C1(Cl)Cl. The maximum absolute atomic E-state index is 13.1. The van der Waals surface area contributed by atoms with Gasteiger partial charge in [0.25, 0.3) is 0 Å². The van der Waals surface area contributed by atoms with E-state index in [-0.39, 0.29) is 11.8 Å². The van der Waals surface area contributed by atoms with E-state index < -0.39 is 17.6 Å². The van der Waals surface area contributed by atoms with Gasteiger partial charge in [0.05, 0.1) is 0 Å². The fraction of sp³-hybridized carbons (Fsp3) is 1.00. The summed E-state index contributed by atoms with van der Waals surface area (Å²) < 4.78 is 18.9. The van der Waals surface area contributed by atoms with Gasteiger partial charge in [0.2, 0.25) is 8.00 Å². The highest BCUT2D eigenvalue weighted by atomic mass is 35.5. The van der Waals surface area contributed by atoms with Crippen molar-refractivity contribution < 1.29 is 8.78 Å². The van der Waals surface area contributed by atoms with Crippen molar-refractivity contribution in [3.8, 4) is 0 Å². The van der Waals surface area contributed by atoms with Crippen LogP contribution in [0.15, 0.2) is 0 Å². The van der Waals surface area contributed by atoms with Gasteiger partial charge in [-0.1, -0.05) is 69.6 Å². The molecule has 0 atom stereocenters. The molecule has 0 aromatic heterocycles. The first-order valence-corrected chi connectivity index (χ1v) is 5.75. The molecule has 9 heteroatoms. The molecule has 1 fully saturated rings. The zero-order valence-electron chi connectivity index (χ0n) is 5.43. The zero-order chi connectivity index (χ0) is 10.7. The molecule has 0 saturated carbocycles. The maximum atomic E-state index is 13.1. The molecular formula is C4Cl6F2S. The monoisotopic (exact) mass is 328 g/mol. The Bertz CT molecular complexity index is 215. The van der Waals surface area contributed by atoms with Crippen LogP contribution in [0.4, 0.5) is 8.78 Å². The van der Waals surface area contributed by atoms with Gasteiger partial charge in [-0.15, -0.1) is 0 Å². The van der Waals surface area contributed by atoms with E-state index in [1.807, 2.05) is 0 Å². The summed E-state index contributed by atoms with van der Waals surface area (Å²) in [6, 6.07) is 0. The first-order valence-electron chi connectivity index (χ1n) is 2.67. The molecular weight excluding hydrogens is 331 g/mol. The quantitative estimate of drug-likeness (QED) is 0.575. The lowest BCUT2D eigenvalue weighted by Gasteiger charge is -2.30. The van der Waals surface area contributed by atoms with E-state index in [1.165, 1.54) is 0 Å². The van der Waals surface area contributed by atoms with Crippen LogP contribution in [-0.4, -0.2) is 17.6 Å². The number of alkyl halides is 8. The van der Waals surface area contributed by atoms with Crippen molar-refractivity contribution in [1.82, 2.24) is 0 Å². The Hall–Kier alpha value is 1.95. The van der Waals surface area contributed by atoms with Gasteiger partial charge in [0, 0.05) is 0 Å². The third-order valence-corrected chi connectivity index (χ3v) is 6.93. The van der Waals surface area contributed by atoms with E-state index in [1.54, 1.807) is 0 Å². The first-order chi connectivity index (χ1) is 5.46.